The number of rotatable bonds is 9. The fourth-order valence-corrected chi connectivity index (χ4v) is 1.69. The van der Waals surface area contributed by atoms with Crippen molar-refractivity contribution in [2.24, 2.45) is 0 Å². The maximum absolute atomic E-state index is 11.8. The molecule has 0 unspecified atom stereocenters. The monoisotopic (exact) mass is 306 g/mol. The van der Waals surface area contributed by atoms with Gasteiger partial charge in [-0.15, -0.1) is 0 Å². The second kappa shape index (κ2) is 10.3. The molecule has 22 heavy (non-hydrogen) atoms. The molecule has 0 spiro atoms. The lowest BCUT2D eigenvalue weighted by atomic mass is 10.1. The molecular formula is C16H22N2O4. The van der Waals surface area contributed by atoms with Crippen molar-refractivity contribution < 1.29 is 18.7 Å². The number of carbonyl (C=O) groups excluding carboxylic acids is 2. The van der Waals surface area contributed by atoms with E-state index >= 15 is 0 Å². The maximum Gasteiger partial charge on any atom is 0.258 e. The number of ether oxygens (including phenoxy) is 1. The zero-order valence-electron chi connectivity index (χ0n) is 12.9. The van der Waals surface area contributed by atoms with E-state index in [0.717, 1.165) is 6.42 Å². The number of hydrogen-bond acceptors (Lipinski definition) is 4. The quantitative estimate of drug-likeness (QED) is 0.536. The van der Waals surface area contributed by atoms with E-state index in [1.165, 1.54) is 19.6 Å². The molecule has 0 bridgehead atoms. The Kier molecular flexibility index (Phi) is 8.18. The molecule has 2 amide bonds. The summed E-state index contributed by atoms with van der Waals surface area (Å²) >= 11 is 0. The van der Waals surface area contributed by atoms with Gasteiger partial charge < -0.3 is 19.8 Å². The van der Waals surface area contributed by atoms with Gasteiger partial charge in [0.05, 0.1) is 12.5 Å². The van der Waals surface area contributed by atoms with Crippen LogP contribution in [0.1, 0.15) is 19.1 Å². The van der Waals surface area contributed by atoms with Crippen LogP contribution in [0.15, 0.2) is 47.3 Å². The summed E-state index contributed by atoms with van der Waals surface area (Å²) in [4.78, 5) is 23.6. The highest BCUT2D eigenvalue weighted by molar-refractivity contribution is 5.88. The summed E-state index contributed by atoms with van der Waals surface area (Å²) in [5.74, 6) is -0.0325. The van der Waals surface area contributed by atoms with Crippen molar-refractivity contribution >= 4 is 11.8 Å². The van der Waals surface area contributed by atoms with Gasteiger partial charge in [-0.05, 0) is 24.6 Å². The highest BCUT2D eigenvalue weighted by Crippen LogP contribution is 2.04. The molecule has 0 fully saturated rings. The number of likely N-dealkylation sites (N-methyl/N-ethyl adjacent to an activating group) is 1. The molecule has 1 atom stereocenters. The molecule has 1 heterocycles. The Morgan fingerprint density at radius 3 is 2.86 bits per heavy atom. The van der Waals surface area contributed by atoms with Crippen LogP contribution in [0.3, 0.4) is 0 Å². The van der Waals surface area contributed by atoms with Gasteiger partial charge in [0, 0.05) is 13.5 Å². The number of nitrogens with one attached hydrogen (secondary N) is 2. The number of amides is 2. The molecule has 1 aromatic rings. The predicted molar refractivity (Wildman–Crippen MR) is 82.9 cm³/mol. The first kappa shape index (κ1) is 17.6. The highest BCUT2D eigenvalue weighted by Gasteiger charge is 2.21. The molecule has 6 heteroatoms. The van der Waals surface area contributed by atoms with E-state index in [2.05, 4.69) is 10.6 Å². The van der Waals surface area contributed by atoms with Gasteiger partial charge in [0.1, 0.15) is 11.8 Å². The van der Waals surface area contributed by atoms with Gasteiger partial charge in [-0.3, -0.25) is 9.59 Å². The minimum atomic E-state index is -0.698. The summed E-state index contributed by atoms with van der Waals surface area (Å²) in [7, 11) is 1.52. The number of carbonyl (C=O) groups is 2. The molecule has 0 aliphatic rings. The molecule has 120 valence electrons. The largest absolute Gasteiger partial charge is 0.491 e. The maximum atomic E-state index is 11.8. The molecule has 0 saturated carbocycles. The zero-order valence-corrected chi connectivity index (χ0v) is 12.9. The highest BCUT2D eigenvalue weighted by atomic mass is 16.5. The molecule has 0 radical (unpaired) electrons. The van der Waals surface area contributed by atoms with Gasteiger partial charge >= 0.3 is 0 Å². The third-order valence-corrected chi connectivity index (χ3v) is 2.76. The summed E-state index contributed by atoms with van der Waals surface area (Å²) in [5, 5.41) is 5.13. The van der Waals surface area contributed by atoms with Crippen molar-refractivity contribution in [3.05, 3.63) is 48.6 Å². The Morgan fingerprint density at radius 1 is 1.41 bits per heavy atom. The van der Waals surface area contributed by atoms with Gasteiger partial charge in [-0.2, -0.15) is 0 Å². The van der Waals surface area contributed by atoms with E-state index in [-0.39, 0.29) is 24.8 Å². The average molecular weight is 306 g/mol. The van der Waals surface area contributed by atoms with Crippen LogP contribution < -0.4 is 10.6 Å². The van der Waals surface area contributed by atoms with Crippen LogP contribution in [0, 0.1) is 0 Å². The lowest BCUT2D eigenvalue weighted by Gasteiger charge is -2.16. The Labute approximate surface area is 130 Å². The van der Waals surface area contributed by atoms with Gasteiger partial charge in [0.25, 0.3) is 5.91 Å². The van der Waals surface area contributed by atoms with Gasteiger partial charge in [-0.1, -0.05) is 19.1 Å². The fraction of sp³-hybridized carbons (Fsp3) is 0.375. The first-order valence-corrected chi connectivity index (χ1v) is 7.14. The van der Waals surface area contributed by atoms with Crippen LogP contribution in [-0.2, 0) is 20.7 Å². The third kappa shape index (κ3) is 6.78. The minimum absolute atomic E-state index is 0.151. The van der Waals surface area contributed by atoms with Gasteiger partial charge in [0.15, 0.2) is 6.61 Å². The smallest absolute Gasteiger partial charge is 0.258 e. The van der Waals surface area contributed by atoms with E-state index in [0.29, 0.717) is 5.76 Å². The van der Waals surface area contributed by atoms with Crippen LogP contribution in [0.25, 0.3) is 0 Å². The lowest BCUT2D eigenvalue weighted by Crippen LogP contribution is -2.48. The molecule has 1 rings (SSSR count). The topological polar surface area (TPSA) is 80.6 Å². The van der Waals surface area contributed by atoms with Crippen LogP contribution in [0.5, 0.6) is 0 Å². The Hall–Kier alpha value is -2.50. The Balaban J connectivity index is 2.44. The van der Waals surface area contributed by atoms with Crippen molar-refractivity contribution in [3.8, 4) is 0 Å². The summed E-state index contributed by atoms with van der Waals surface area (Å²) in [5.41, 5.74) is 0. The van der Waals surface area contributed by atoms with Gasteiger partial charge in [-0.25, -0.2) is 0 Å². The average Bonchev–Trinajstić information content (AvgIpc) is 3.02. The third-order valence-electron chi connectivity index (χ3n) is 2.76. The van der Waals surface area contributed by atoms with Gasteiger partial charge in [0.2, 0.25) is 5.91 Å². The zero-order chi connectivity index (χ0) is 16.2. The molecule has 2 N–H and O–H groups in total. The lowest BCUT2D eigenvalue weighted by molar-refractivity contribution is -0.130. The standard InChI is InChI=1S/C16H22N2O4/c1-3-4-5-6-9-21-12-15(19)18-14(16(20)17-2)11-13-8-7-10-22-13/h4-10,14H,3,11-12H2,1-2H3,(H,17,20)(H,18,19)/b5-4-,9-6+/t14-/m0/s1. The van der Waals surface area contributed by atoms with Crippen LogP contribution in [-0.4, -0.2) is 31.5 Å². The normalized spacial score (nSPS) is 12.5. The molecular weight excluding hydrogens is 284 g/mol. The molecule has 0 aliphatic carbocycles. The van der Waals surface area contributed by atoms with Crippen molar-refractivity contribution in [3.63, 3.8) is 0 Å². The van der Waals surface area contributed by atoms with E-state index in [4.69, 9.17) is 9.15 Å². The van der Waals surface area contributed by atoms with Crippen LogP contribution in [0.2, 0.25) is 0 Å². The fourth-order valence-electron chi connectivity index (χ4n) is 1.69. The van der Waals surface area contributed by atoms with Crippen molar-refractivity contribution in [2.45, 2.75) is 25.8 Å². The summed E-state index contributed by atoms with van der Waals surface area (Å²) in [6.07, 6.45) is 9.69. The van der Waals surface area contributed by atoms with E-state index in [1.54, 1.807) is 18.2 Å². The SMILES string of the molecule is CC/C=C\C=C\OCC(=O)N[C@@H](Cc1ccco1)C(=O)NC. The van der Waals surface area contributed by atoms with Crippen LogP contribution in [0.4, 0.5) is 0 Å². The first-order chi connectivity index (χ1) is 10.7. The van der Waals surface area contributed by atoms with E-state index in [9.17, 15) is 9.59 Å². The molecule has 6 nitrogen and oxygen atoms in total. The minimum Gasteiger partial charge on any atom is -0.491 e. The summed E-state index contributed by atoms with van der Waals surface area (Å²) in [6.45, 7) is 1.87. The summed E-state index contributed by atoms with van der Waals surface area (Å²) < 4.78 is 10.3. The first-order valence-electron chi connectivity index (χ1n) is 7.14. The van der Waals surface area contributed by atoms with Crippen molar-refractivity contribution in [1.29, 1.82) is 0 Å². The number of allylic oxidation sites excluding steroid dienone is 3. The second-order valence-electron chi connectivity index (χ2n) is 4.49. The molecule has 0 saturated heterocycles. The predicted octanol–water partition coefficient (Wildman–Crippen LogP) is 1.55. The molecule has 1 aromatic heterocycles. The Bertz CT molecular complexity index is 506. The van der Waals surface area contributed by atoms with Crippen molar-refractivity contribution in [1.82, 2.24) is 10.6 Å². The number of furan rings is 1. The number of hydrogen-bond donors (Lipinski definition) is 2. The van der Waals surface area contributed by atoms with E-state index < -0.39 is 6.04 Å². The van der Waals surface area contributed by atoms with Crippen molar-refractivity contribution in [2.75, 3.05) is 13.7 Å². The van der Waals surface area contributed by atoms with E-state index in [1.807, 2.05) is 19.1 Å². The molecule has 0 aliphatic heterocycles. The Morgan fingerprint density at radius 2 is 2.23 bits per heavy atom. The summed E-state index contributed by atoms with van der Waals surface area (Å²) in [6, 6.07) is 2.79. The van der Waals surface area contributed by atoms with Crippen LogP contribution >= 0.6 is 0 Å². The second-order valence-corrected chi connectivity index (χ2v) is 4.49. The molecule has 0 aromatic carbocycles.